The maximum Gasteiger partial charge on any atom is 0.309 e. The van der Waals surface area contributed by atoms with Crippen LogP contribution in [0.15, 0.2) is 12.2 Å². The molecule has 5 heterocycles. The van der Waals surface area contributed by atoms with Gasteiger partial charge in [0.05, 0.1) is 53.7 Å². The number of ketones is 1. The predicted octanol–water partition coefficient (Wildman–Crippen LogP) is 8.53. The van der Waals surface area contributed by atoms with Gasteiger partial charge in [0.15, 0.2) is 11.6 Å². The lowest BCUT2D eigenvalue weighted by atomic mass is 9.49. The SMILES string of the molecule is CC[C@@H](C(=O)[C@@H](C)[C@@H](O)[C@H](C)[C@@H]1O[C@@H]([C@@H](CC)C(=O)O)CC[C@@H]1C)[C@H]1O[C@]2(C=C[C@@H](NC(=O)C34CC5CC(CC(C5)C3)C4)[C@]3(CC[C@@](C)([C@H]4CC[C@](O)(CC)[C@H](C)O4)O3)O2)[C@H](C)C[C@@H]1C. The number of amides is 1. The molecule has 2 spiro atoms. The fourth-order valence-corrected chi connectivity index (χ4v) is 15.4. The number of hydrogen-bond acceptors (Lipinski definition) is 10. The lowest BCUT2D eigenvalue weighted by Crippen LogP contribution is -2.67. The van der Waals surface area contributed by atoms with Gasteiger partial charge in [-0.2, -0.15) is 0 Å². The van der Waals surface area contributed by atoms with Crippen LogP contribution in [-0.2, 0) is 38.1 Å². The third kappa shape index (κ3) is 8.85. The van der Waals surface area contributed by atoms with Crippen molar-refractivity contribution in [1.82, 2.24) is 5.32 Å². The minimum atomic E-state index is -1.28. The average molecular weight is 912 g/mol. The van der Waals surface area contributed by atoms with E-state index in [0.29, 0.717) is 69.1 Å². The summed E-state index contributed by atoms with van der Waals surface area (Å²) < 4.78 is 35.2. The van der Waals surface area contributed by atoms with Crippen LogP contribution in [-0.4, -0.2) is 98.4 Å². The first-order valence-corrected chi connectivity index (χ1v) is 26.2. The molecule has 8 fully saturated rings. The van der Waals surface area contributed by atoms with Crippen molar-refractivity contribution in [3.63, 3.8) is 0 Å². The normalized spacial score (nSPS) is 48.2. The van der Waals surface area contributed by atoms with Gasteiger partial charge in [0.1, 0.15) is 11.8 Å². The number of aliphatic hydroxyl groups is 2. The highest BCUT2D eigenvalue weighted by atomic mass is 16.8. The zero-order chi connectivity index (χ0) is 47.0. The lowest BCUT2D eigenvalue weighted by molar-refractivity contribution is -0.398. The minimum Gasteiger partial charge on any atom is -0.481 e. The first-order valence-electron chi connectivity index (χ1n) is 26.2. The molecule has 0 aromatic rings. The molecule has 5 aliphatic heterocycles. The summed E-state index contributed by atoms with van der Waals surface area (Å²) in [5, 5.41) is 36.7. The standard InChI is InChI=1S/C53H85NO11/c1-11-38(47(57)58)40-15-14-29(4)45(62-40)33(8)43(55)32(7)44(56)39(12-2)46-30(5)22-31(6)52(63-46)19-16-41(54-48(59)50-26-35-23-36(27-50)25-37(24-35)28-50)53(65-52)21-20-49(10,64-53)42-17-18-51(60,13-3)34(9)61-42/h16,19,29-43,45-46,55,60H,11-15,17-18,20-28H2,1-10H3,(H,54,59)(H,57,58)/t29-,30-,31+,32-,33-,34-,35?,36?,37?,38+,39-,40+,41+,42+,43+,45+,46-,49-,50?,51+,52-,53-/m0/s1. The number of hydrogen-bond donors (Lipinski definition) is 4. The largest absolute Gasteiger partial charge is 0.481 e. The molecule has 9 rings (SSSR count). The van der Waals surface area contributed by atoms with Crippen LogP contribution < -0.4 is 5.32 Å². The van der Waals surface area contributed by atoms with Crippen LogP contribution >= 0.6 is 0 Å². The highest BCUT2D eigenvalue weighted by Crippen LogP contribution is 2.61. The van der Waals surface area contributed by atoms with E-state index in [1.165, 1.54) is 19.3 Å². The Labute approximate surface area is 389 Å². The van der Waals surface area contributed by atoms with E-state index < -0.39 is 76.8 Å². The molecule has 65 heavy (non-hydrogen) atoms. The maximum atomic E-state index is 14.8. The van der Waals surface area contributed by atoms with Gasteiger partial charge in [-0.25, -0.2) is 0 Å². The summed E-state index contributed by atoms with van der Waals surface area (Å²) in [4.78, 5) is 41.7. The molecule has 4 saturated heterocycles. The van der Waals surface area contributed by atoms with Gasteiger partial charge >= 0.3 is 5.97 Å². The predicted molar refractivity (Wildman–Crippen MR) is 245 cm³/mol. The maximum absolute atomic E-state index is 14.8. The van der Waals surface area contributed by atoms with Crippen LogP contribution in [0.5, 0.6) is 0 Å². The summed E-state index contributed by atoms with van der Waals surface area (Å²) in [5.41, 5.74) is -2.03. The third-order valence-electron chi connectivity index (χ3n) is 19.3. The fraction of sp³-hybridized carbons (Fsp3) is 0.906. The van der Waals surface area contributed by atoms with Gasteiger partial charge in [-0.05, 0) is 146 Å². The van der Waals surface area contributed by atoms with Crippen molar-refractivity contribution < 1.29 is 53.4 Å². The molecular weight excluding hydrogens is 827 g/mol. The Morgan fingerprint density at radius 2 is 1.45 bits per heavy atom. The van der Waals surface area contributed by atoms with Crippen molar-refractivity contribution in [3.05, 3.63) is 12.2 Å². The molecule has 368 valence electrons. The van der Waals surface area contributed by atoms with Gasteiger partial charge in [-0.15, -0.1) is 0 Å². The fourth-order valence-electron chi connectivity index (χ4n) is 15.4. The zero-order valence-electron chi connectivity index (χ0n) is 41.4. The molecule has 4 aliphatic carbocycles. The van der Waals surface area contributed by atoms with E-state index in [9.17, 15) is 29.7 Å². The van der Waals surface area contributed by atoms with E-state index in [1.807, 2.05) is 40.7 Å². The van der Waals surface area contributed by atoms with Crippen LogP contribution in [0.3, 0.4) is 0 Å². The summed E-state index contributed by atoms with van der Waals surface area (Å²) in [7, 11) is 0. The Bertz CT molecular complexity index is 1750. The number of Topliss-reactive ketones (excluding diaryl/α,β-unsaturated/α-hetero) is 1. The van der Waals surface area contributed by atoms with Crippen LogP contribution in [0.1, 0.15) is 172 Å². The molecule has 12 nitrogen and oxygen atoms in total. The number of carbonyl (C=O) groups excluding carboxylic acids is 2. The van der Waals surface area contributed by atoms with Crippen molar-refractivity contribution in [1.29, 1.82) is 0 Å². The van der Waals surface area contributed by atoms with Gasteiger partial charge in [0.2, 0.25) is 5.91 Å². The second-order valence-corrected chi connectivity index (χ2v) is 23.6. The molecule has 12 heteroatoms. The number of rotatable bonds is 14. The molecule has 9 aliphatic rings. The van der Waals surface area contributed by atoms with Gasteiger partial charge in [-0.1, -0.05) is 61.5 Å². The van der Waals surface area contributed by atoms with E-state index >= 15 is 0 Å². The van der Waals surface area contributed by atoms with Crippen LogP contribution in [0.2, 0.25) is 0 Å². The second kappa shape index (κ2) is 18.4. The summed E-state index contributed by atoms with van der Waals surface area (Å²) in [6.07, 6.45) is 13.7. The minimum absolute atomic E-state index is 0.00130. The van der Waals surface area contributed by atoms with E-state index in [1.54, 1.807) is 6.92 Å². The number of aliphatic hydroxyl groups excluding tert-OH is 1. The smallest absolute Gasteiger partial charge is 0.309 e. The number of carbonyl (C=O) groups is 3. The van der Waals surface area contributed by atoms with Gasteiger partial charge in [0, 0.05) is 35.5 Å². The molecule has 0 aromatic heterocycles. The number of carboxylic acids is 1. The number of aliphatic carboxylic acids is 1. The molecule has 0 unspecified atom stereocenters. The monoisotopic (exact) mass is 912 g/mol. The van der Waals surface area contributed by atoms with Gasteiger partial charge < -0.3 is 44.3 Å². The molecule has 18 atom stereocenters. The van der Waals surface area contributed by atoms with Crippen LogP contribution in [0, 0.1) is 64.6 Å². The molecule has 0 aromatic carbocycles. The highest BCUT2D eigenvalue weighted by molar-refractivity contribution is 5.84. The molecule has 0 radical (unpaired) electrons. The van der Waals surface area contributed by atoms with Gasteiger partial charge in [0.25, 0.3) is 0 Å². The van der Waals surface area contributed by atoms with Crippen molar-refractivity contribution in [2.45, 2.75) is 237 Å². The zero-order valence-corrected chi connectivity index (χ0v) is 41.4. The molecule has 4 bridgehead atoms. The molecular formula is C53H85NO11. The number of carboxylic acid groups (broad SMARTS) is 1. The van der Waals surface area contributed by atoms with Crippen LogP contribution in [0.25, 0.3) is 0 Å². The van der Waals surface area contributed by atoms with Crippen molar-refractivity contribution in [3.8, 4) is 0 Å². The average Bonchev–Trinajstić information content (AvgIpc) is 3.60. The van der Waals surface area contributed by atoms with Gasteiger partial charge in [-0.3, -0.25) is 14.4 Å². The van der Waals surface area contributed by atoms with Crippen molar-refractivity contribution in [2.24, 2.45) is 64.6 Å². The Morgan fingerprint density at radius 3 is 2.03 bits per heavy atom. The Hall–Kier alpha value is -1.93. The topological polar surface area (TPSA) is 170 Å². The Kier molecular flexibility index (Phi) is 14.0. The van der Waals surface area contributed by atoms with Crippen molar-refractivity contribution >= 4 is 17.7 Å². The lowest BCUT2D eigenvalue weighted by Gasteiger charge is -2.57. The first-order chi connectivity index (χ1) is 30.6. The molecule has 4 saturated carbocycles. The second-order valence-electron chi connectivity index (χ2n) is 23.6. The third-order valence-corrected chi connectivity index (χ3v) is 19.3. The number of nitrogens with one attached hydrogen (secondary N) is 1. The number of ether oxygens (including phenoxy) is 5. The summed E-state index contributed by atoms with van der Waals surface area (Å²) in [5.74, 6) is -3.79. The Balaban J connectivity index is 1.04. The Morgan fingerprint density at radius 1 is 0.800 bits per heavy atom. The van der Waals surface area contributed by atoms with Crippen LogP contribution in [0.4, 0.5) is 0 Å². The summed E-state index contributed by atoms with van der Waals surface area (Å²) in [6.45, 7) is 20.0. The summed E-state index contributed by atoms with van der Waals surface area (Å²) >= 11 is 0. The van der Waals surface area contributed by atoms with E-state index in [-0.39, 0.29) is 53.2 Å². The van der Waals surface area contributed by atoms with E-state index in [2.05, 4.69) is 39.1 Å². The quantitative estimate of drug-likeness (QED) is 0.123. The van der Waals surface area contributed by atoms with Crippen molar-refractivity contribution in [2.75, 3.05) is 0 Å². The molecule has 4 N–H and O–H groups in total. The summed E-state index contributed by atoms with van der Waals surface area (Å²) in [6, 6.07) is -0.579. The molecule has 1 amide bonds. The first kappa shape index (κ1) is 49.5. The van der Waals surface area contributed by atoms with E-state index in [0.717, 1.165) is 32.1 Å². The highest BCUT2D eigenvalue weighted by Gasteiger charge is 2.65. The van der Waals surface area contributed by atoms with E-state index in [4.69, 9.17) is 23.7 Å².